The number of hydrogen-bond acceptors (Lipinski definition) is 6. The minimum Gasteiger partial charge on any atom is -0.494 e. The van der Waals surface area contributed by atoms with Crippen molar-refractivity contribution in [3.8, 4) is 17.2 Å². The monoisotopic (exact) mass is 536 g/mol. The maximum absolute atomic E-state index is 12.8. The molecule has 0 heterocycles. The van der Waals surface area contributed by atoms with E-state index in [-0.39, 0.29) is 23.1 Å². The summed E-state index contributed by atoms with van der Waals surface area (Å²) in [5.41, 5.74) is 3.30. The Hall–Kier alpha value is -4.07. The second kappa shape index (κ2) is 12.3. The second-order valence-corrected chi connectivity index (χ2v) is 8.46. The van der Waals surface area contributed by atoms with Crippen LogP contribution in [0.15, 0.2) is 84.0 Å². The first-order valence-electron chi connectivity index (χ1n) is 11.3. The highest BCUT2D eigenvalue weighted by molar-refractivity contribution is 6.42. The Balaban J connectivity index is 1.49. The van der Waals surface area contributed by atoms with Crippen molar-refractivity contribution in [3.63, 3.8) is 0 Å². The Bertz CT molecular complexity index is 1460. The van der Waals surface area contributed by atoms with E-state index in [2.05, 4.69) is 10.5 Å². The number of hydrazone groups is 1. The van der Waals surface area contributed by atoms with E-state index < -0.39 is 11.9 Å². The number of nitrogens with one attached hydrogen (secondary N) is 1. The molecule has 0 aromatic heterocycles. The van der Waals surface area contributed by atoms with Crippen LogP contribution in [0, 0.1) is 0 Å². The van der Waals surface area contributed by atoms with Crippen LogP contribution in [0.1, 0.15) is 22.8 Å². The number of esters is 1. The van der Waals surface area contributed by atoms with Gasteiger partial charge >= 0.3 is 5.97 Å². The van der Waals surface area contributed by atoms with E-state index in [0.717, 1.165) is 10.8 Å². The molecule has 0 saturated heterocycles. The fourth-order valence-electron chi connectivity index (χ4n) is 3.45. The topological polar surface area (TPSA) is 86.2 Å². The Morgan fingerprint density at radius 2 is 1.68 bits per heavy atom. The lowest BCUT2D eigenvalue weighted by Crippen LogP contribution is -2.24. The van der Waals surface area contributed by atoms with Gasteiger partial charge in [-0.15, -0.1) is 0 Å². The van der Waals surface area contributed by atoms with Crippen LogP contribution >= 0.6 is 23.2 Å². The van der Waals surface area contributed by atoms with E-state index in [9.17, 15) is 9.59 Å². The van der Waals surface area contributed by atoms with Gasteiger partial charge in [-0.1, -0.05) is 59.6 Å². The van der Waals surface area contributed by atoms with Crippen LogP contribution in [-0.4, -0.2) is 31.3 Å². The van der Waals surface area contributed by atoms with Gasteiger partial charge in [0.05, 0.1) is 23.4 Å². The molecule has 4 aromatic rings. The summed E-state index contributed by atoms with van der Waals surface area (Å²) in [5.74, 6) is 0.183. The molecule has 1 amide bonds. The number of carbonyl (C=O) groups is 2. The molecule has 0 saturated carbocycles. The van der Waals surface area contributed by atoms with E-state index in [1.807, 2.05) is 37.3 Å². The number of ether oxygens (including phenoxy) is 3. The number of halogens is 2. The first-order valence-corrected chi connectivity index (χ1v) is 12.1. The van der Waals surface area contributed by atoms with Gasteiger partial charge in [-0.2, -0.15) is 5.10 Å². The third-order valence-electron chi connectivity index (χ3n) is 5.19. The van der Waals surface area contributed by atoms with Crippen LogP contribution in [-0.2, 0) is 4.79 Å². The fourth-order valence-corrected chi connectivity index (χ4v) is 3.80. The average Bonchev–Trinajstić information content (AvgIpc) is 2.91. The first kappa shape index (κ1) is 26.0. The molecule has 37 heavy (non-hydrogen) atoms. The molecule has 7 nitrogen and oxygen atoms in total. The summed E-state index contributed by atoms with van der Waals surface area (Å²) < 4.78 is 16.5. The summed E-state index contributed by atoms with van der Waals surface area (Å²) >= 11 is 12.0. The number of amides is 1. The third kappa shape index (κ3) is 6.58. The van der Waals surface area contributed by atoms with Crippen molar-refractivity contribution in [2.24, 2.45) is 5.10 Å². The Morgan fingerprint density at radius 1 is 0.892 bits per heavy atom. The largest absolute Gasteiger partial charge is 0.494 e. The standard InChI is InChI=1S/C28H22Cl2N2O5/c1-2-35-20-13-10-19(11-14-20)28(34)37-24-15-12-18-6-3-4-7-21(18)22(24)16-31-32-26(33)17-36-25-9-5-8-23(29)27(25)30/h3-16H,2,17H2,1H3,(H,32,33). The van der Waals surface area contributed by atoms with Crippen molar-refractivity contribution in [1.82, 2.24) is 5.43 Å². The molecule has 0 atom stereocenters. The van der Waals surface area contributed by atoms with Crippen LogP contribution in [0.5, 0.6) is 17.2 Å². The number of rotatable bonds is 9. The zero-order chi connectivity index (χ0) is 26.2. The smallest absolute Gasteiger partial charge is 0.343 e. The SMILES string of the molecule is CCOc1ccc(C(=O)Oc2ccc3ccccc3c2C=NNC(=O)COc2cccc(Cl)c2Cl)cc1. The highest BCUT2D eigenvalue weighted by atomic mass is 35.5. The molecule has 0 radical (unpaired) electrons. The Kier molecular flexibility index (Phi) is 8.61. The lowest BCUT2D eigenvalue weighted by Gasteiger charge is -2.11. The lowest BCUT2D eigenvalue weighted by molar-refractivity contribution is -0.123. The average molecular weight is 537 g/mol. The zero-order valence-electron chi connectivity index (χ0n) is 19.7. The molecular formula is C28H22Cl2N2O5. The number of fused-ring (bicyclic) bond motifs is 1. The minimum atomic E-state index is -0.538. The van der Waals surface area contributed by atoms with E-state index in [1.54, 1.807) is 48.5 Å². The normalized spacial score (nSPS) is 10.9. The maximum atomic E-state index is 12.8. The molecule has 0 unspecified atom stereocenters. The van der Waals surface area contributed by atoms with Gasteiger partial charge in [0.1, 0.15) is 22.3 Å². The molecule has 0 bridgehead atoms. The summed E-state index contributed by atoms with van der Waals surface area (Å²) in [4.78, 5) is 25.1. The Morgan fingerprint density at radius 3 is 2.46 bits per heavy atom. The predicted octanol–water partition coefficient (Wildman–Crippen LogP) is 6.29. The molecule has 0 aliphatic rings. The number of hydrogen-bond donors (Lipinski definition) is 1. The number of nitrogens with zero attached hydrogens (tertiary/aromatic N) is 1. The maximum Gasteiger partial charge on any atom is 0.343 e. The molecule has 0 aliphatic carbocycles. The summed E-state index contributed by atoms with van der Waals surface area (Å²) in [6.45, 7) is 2.09. The van der Waals surface area contributed by atoms with Gasteiger partial charge in [0, 0.05) is 5.56 Å². The van der Waals surface area contributed by atoms with Gasteiger partial charge in [0.2, 0.25) is 0 Å². The van der Waals surface area contributed by atoms with Gasteiger partial charge in [-0.05, 0) is 60.2 Å². The second-order valence-electron chi connectivity index (χ2n) is 7.68. The fraction of sp³-hybridized carbons (Fsp3) is 0.107. The van der Waals surface area contributed by atoms with Gasteiger partial charge in [-0.3, -0.25) is 4.79 Å². The van der Waals surface area contributed by atoms with E-state index in [1.165, 1.54) is 6.21 Å². The van der Waals surface area contributed by atoms with E-state index in [0.29, 0.717) is 28.5 Å². The molecular weight excluding hydrogens is 515 g/mol. The first-order chi connectivity index (χ1) is 18.0. The lowest BCUT2D eigenvalue weighted by atomic mass is 10.0. The Labute approximate surface area is 223 Å². The third-order valence-corrected chi connectivity index (χ3v) is 5.99. The zero-order valence-corrected chi connectivity index (χ0v) is 21.3. The van der Waals surface area contributed by atoms with Crippen LogP contribution in [0.25, 0.3) is 10.8 Å². The van der Waals surface area contributed by atoms with Crippen molar-refractivity contribution in [2.45, 2.75) is 6.92 Å². The molecule has 188 valence electrons. The van der Waals surface area contributed by atoms with Crippen LogP contribution in [0.4, 0.5) is 0 Å². The van der Waals surface area contributed by atoms with Crippen molar-refractivity contribution in [2.75, 3.05) is 13.2 Å². The summed E-state index contributed by atoms with van der Waals surface area (Å²) in [6, 6.07) is 22.6. The molecule has 9 heteroatoms. The van der Waals surface area contributed by atoms with Crippen LogP contribution in [0.2, 0.25) is 10.0 Å². The summed E-state index contributed by atoms with van der Waals surface area (Å²) in [6.07, 6.45) is 1.42. The van der Waals surface area contributed by atoms with Gasteiger partial charge in [-0.25, -0.2) is 10.2 Å². The quantitative estimate of drug-likeness (QED) is 0.117. The van der Waals surface area contributed by atoms with E-state index in [4.69, 9.17) is 37.4 Å². The number of carbonyl (C=O) groups excluding carboxylic acids is 2. The highest BCUT2D eigenvalue weighted by Crippen LogP contribution is 2.31. The van der Waals surface area contributed by atoms with Crippen molar-refractivity contribution in [3.05, 3.63) is 100 Å². The van der Waals surface area contributed by atoms with Crippen LogP contribution in [0.3, 0.4) is 0 Å². The van der Waals surface area contributed by atoms with Crippen molar-refractivity contribution in [1.29, 1.82) is 0 Å². The molecule has 0 spiro atoms. The summed E-state index contributed by atoms with van der Waals surface area (Å²) in [7, 11) is 0. The molecule has 0 aliphatic heterocycles. The van der Waals surface area contributed by atoms with Gasteiger partial charge < -0.3 is 14.2 Å². The molecule has 0 fully saturated rings. The molecule has 1 N–H and O–H groups in total. The number of benzene rings is 4. The molecule has 4 aromatic carbocycles. The minimum absolute atomic E-state index is 0.218. The highest BCUT2D eigenvalue weighted by Gasteiger charge is 2.14. The summed E-state index contributed by atoms with van der Waals surface area (Å²) in [5, 5.41) is 6.29. The van der Waals surface area contributed by atoms with Gasteiger partial charge in [0.25, 0.3) is 5.91 Å². The van der Waals surface area contributed by atoms with Crippen molar-refractivity contribution < 1.29 is 23.8 Å². The molecule has 4 rings (SSSR count). The van der Waals surface area contributed by atoms with E-state index >= 15 is 0 Å². The predicted molar refractivity (Wildman–Crippen MR) is 144 cm³/mol. The van der Waals surface area contributed by atoms with Crippen LogP contribution < -0.4 is 19.6 Å². The van der Waals surface area contributed by atoms with Crippen molar-refractivity contribution >= 4 is 52.1 Å². The van der Waals surface area contributed by atoms with Gasteiger partial charge in [0.15, 0.2) is 6.61 Å².